The molecule has 7 aromatic rings. The van der Waals surface area contributed by atoms with Gasteiger partial charge in [-0.25, -0.2) is 0 Å². The van der Waals surface area contributed by atoms with Crippen molar-refractivity contribution in [3.05, 3.63) is 166 Å². The fraction of sp³-hybridized carbons (Fsp3) is 0.0698. The highest BCUT2D eigenvalue weighted by molar-refractivity contribution is 7.17. The molecule has 4 heterocycles. The van der Waals surface area contributed by atoms with Gasteiger partial charge in [-0.05, 0) is 73.5 Å². The second-order valence-corrected chi connectivity index (χ2v) is 14.0. The quantitative estimate of drug-likeness (QED) is 0.144. The van der Waals surface area contributed by atoms with Gasteiger partial charge in [-0.1, -0.05) is 84.9 Å². The lowest BCUT2D eigenvalue weighted by molar-refractivity contribution is 0.102. The summed E-state index contributed by atoms with van der Waals surface area (Å²) < 4.78 is 0. The first kappa shape index (κ1) is 32.6. The molecule has 0 fully saturated rings. The maximum absolute atomic E-state index is 14.4. The van der Waals surface area contributed by atoms with Crippen LogP contribution in [0.3, 0.4) is 0 Å². The van der Waals surface area contributed by atoms with Gasteiger partial charge in [-0.15, -0.1) is 11.3 Å². The highest BCUT2D eigenvalue weighted by atomic mass is 32.1. The standard InChI is InChI=1S/C43H34N6O2S/c1-43(2)35-23-21-29(46-35)25-44-31-17-9-11-19-33(31)48-41(50)39-37(27-13-5-3-6-14-27)38(28-15-7-4-8-16-28)40(52-39)42(51)49-34-20-12-10-18-32(34)45-26-30-22-24-36(43)47-30/h3-26,46-47H,1-2H3,(H,48,50)(H,49,51). The van der Waals surface area contributed by atoms with Crippen LogP contribution in [0.2, 0.25) is 0 Å². The molecule has 3 aromatic heterocycles. The summed E-state index contributed by atoms with van der Waals surface area (Å²) in [6.45, 7) is 4.29. The van der Waals surface area contributed by atoms with E-state index in [1.807, 2.05) is 121 Å². The number of carbonyl (C=O) groups is 2. The summed E-state index contributed by atoms with van der Waals surface area (Å²) in [5.74, 6) is -0.688. The van der Waals surface area contributed by atoms with E-state index in [1.54, 1.807) is 12.4 Å². The van der Waals surface area contributed by atoms with Gasteiger partial charge in [0.1, 0.15) is 9.75 Å². The van der Waals surface area contributed by atoms with Crippen LogP contribution in [0.15, 0.2) is 143 Å². The minimum Gasteiger partial charge on any atom is -0.357 e. The molecule has 254 valence electrons. The number of hydrogen-bond donors (Lipinski definition) is 4. The summed E-state index contributed by atoms with van der Waals surface area (Å²) in [6.07, 6.45) is 3.52. The Balaban J connectivity index is 1.32. The Morgan fingerprint density at radius 2 is 0.904 bits per heavy atom. The third-order valence-corrected chi connectivity index (χ3v) is 10.4. The predicted molar refractivity (Wildman–Crippen MR) is 212 cm³/mol. The molecule has 0 spiro atoms. The normalized spacial score (nSPS) is 14.0. The maximum atomic E-state index is 14.4. The summed E-state index contributed by atoms with van der Waals surface area (Å²) in [6, 6.07) is 42.4. The first-order chi connectivity index (χ1) is 25.3. The number of aliphatic imine (C=N–C) groups is 2. The molecule has 4 aromatic carbocycles. The number of benzene rings is 4. The first-order valence-electron chi connectivity index (χ1n) is 16.9. The second-order valence-electron chi connectivity index (χ2n) is 13.0. The Hall–Kier alpha value is -6.58. The van der Waals surface area contributed by atoms with E-state index in [9.17, 15) is 9.59 Å². The maximum Gasteiger partial charge on any atom is 0.266 e. The van der Waals surface area contributed by atoms with Gasteiger partial charge in [0, 0.05) is 27.9 Å². The molecule has 8 nitrogen and oxygen atoms in total. The van der Waals surface area contributed by atoms with Crippen molar-refractivity contribution in [2.75, 3.05) is 10.6 Å². The van der Waals surface area contributed by atoms with Crippen LogP contribution in [0.1, 0.15) is 56.0 Å². The number of nitrogens with one attached hydrogen (secondary N) is 4. The Kier molecular flexibility index (Phi) is 8.54. The van der Waals surface area contributed by atoms with Crippen molar-refractivity contribution in [1.29, 1.82) is 0 Å². The molecule has 0 radical (unpaired) electrons. The van der Waals surface area contributed by atoms with Crippen LogP contribution in [-0.2, 0) is 5.41 Å². The third-order valence-electron chi connectivity index (χ3n) is 9.20. The number of aromatic nitrogens is 2. The summed E-state index contributed by atoms with van der Waals surface area (Å²) >= 11 is 1.16. The van der Waals surface area contributed by atoms with E-state index in [2.05, 4.69) is 46.6 Å². The van der Waals surface area contributed by atoms with Crippen molar-refractivity contribution >= 4 is 58.3 Å². The third kappa shape index (κ3) is 6.29. The van der Waals surface area contributed by atoms with E-state index in [0.717, 1.165) is 45.2 Å². The van der Waals surface area contributed by atoms with E-state index >= 15 is 0 Å². The number of carbonyl (C=O) groups excluding carboxylic acids is 2. The number of thiophene rings is 1. The van der Waals surface area contributed by atoms with Crippen molar-refractivity contribution in [3.63, 3.8) is 0 Å². The van der Waals surface area contributed by atoms with Gasteiger partial charge in [-0.3, -0.25) is 19.6 Å². The van der Waals surface area contributed by atoms with Gasteiger partial charge in [0.05, 0.1) is 46.6 Å². The van der Waals surface area contributed by atoms with Crippen molar-refractivity contribution in [1.82, 2.24) is 9.97 Å². The number of rotatable bonds is 2. The zero-order valence-corrected chi connectivity index (χ0v) is 29.3. The summed E-state index contributed by atoms with van der Waals surface area (Å²) in [7, 11) is 0. The van der Waals surface area contributed by atoms with Crippen LogP contribution >= 0.6 is 11.3 Å². The number of hydrogen-bond acceptors (Lipinski definition) is 5. The molecular weight excluding hydrogens is 665 g/mol. The van der Waals surface area contributed by atoms with Crippen molar-refractivity contribution < 1.29 is 9.59 Å². The van der Waals surface area contributed by atoms with Crippen LogP contribution in [0, 0.1) is 0 Å². The summed E-state index contributed by atoms with van der Waals surface area (Å²) in [5, 5.41) is 6.24. The molecule has 8 rings (SSSR count). The van der Waals surface area contributed by atoms with Gasteiger partial charge < -0.3 is 20.6 Å². The number of H-pyrrole nitrogens is 2. The summed E-state index contributed by atoms with van der Waals surface area (Å²) in [5.41, 5.74) is 8.55. The molecule has 0 unspecified atom stereocenters. The van der Waals surface area contributed by atoms with Gasteiger partial charge in [0.25, 0.3) is 11.8 Å². The van der Waals surface area contributed by atoms with E-state index in [-0.39, 0.29) is 17.2 Å². The van der Waals surface area contributed by atoms with Gasteiger partial charge >= 0.3 is 0 Å². The molecule has 2 amide bonds. The Morgan fingerprint density at radius 1 is 0.500 bits per heavy atom. The van der Waals surface area contributed by atoms with Gasteiger partial charge in [0.15, 0.2) is 0 Å². The molecular formula is C43H34N6O2S. The van der Waals surface area contributed by atoms with Crippen molar-refractivity contribution in [2.24, 2.45) is 9.98 Å². The Bertz CT molecular complexity index is 2320. The molecule has 1 aliphatic heterocycles. The molecule has 9 heteroatoms. The number of amides is 2. The second kappa shape index (κ2) is 13.6. The van der Waals surface area contributed by atoms with Crippen LogP contribution in [0.25, 0.3) is 22.3 Å². The number of nitrogens with zero attached hydrogens (tertiary/aromatic N) is 2. The SMILES string of the molecule is CC1(C)c2ccc([nH]2)C=Nc2ccccc2NC(=O)c2sc(c(-c3ccccc3)c2-c2ccccc2)C(=O)Nc2ccccc2N=Cc2ccc1[nH]2. The lowest BCUT2D eigenvalue weighted by Crippen LogP contribution is -2.20. The number of anilines is 2. The Labute approximate surface area is 305 Å². The average Bonchev–Trinajstić information content (AvgIpc) is 3.94. The summed E-state index contributed by atoms with van der Waals surface area (Å²) in [4.78, 5) is 46.3. The van der Waals surface area contributed by atoms with Crippen molar-refractivity contribution in [2.45, 2.75) is 19.3 Å². The number of para-hydroxylation sites is 4. The van der Waals surface area contributed by atoms with Gasteiger partial charge in [-0.2, -0.15) is 0 Å². The zero-order valence-electron chi connectivity index (χ0n) is 28.5. The minimum absolute atomic E-state index is 0.344. The van der Waals surface area contributed by atoms with Crippen LogP contribution in [0.4, 0.5) is 22.7 Å². The van der Waals surface area contributed by atoms with E-state index in [4.69, 9.17) is 9.98 Å². The molecule has 0 atom stereocenters. The largest absolute Gasteiger partial charge is 0.357 e. The monoisotopic (exact) mass is 698 g/mol. The molecule has 1 aliphatic rings. The van der Waals surface area contributed by atoms with E-state index < -0.39 is 0 Å². The molecule has 0 saturated carbocycles. The minimum atomic E-state index is -0.377. The number of aromatic amines is 2. The van der Waals surface area contributed by atoms with Crippen LogP contribution < -0.4 is 10.6 Å². The fourth-order valence-electron chi connectivity index (χ4n) is 6.38. The van der Waals surface area contributed by atoms with E-state index in [0.29, 0.717) is 43.6 Å². The van der Waals surface area contributed by atoms with Crippen molar-refractivity contribution in [3.8, 4) is 22.3 Å². The molecule has 4 N–H and O–H groups in total. The number of fused-ring (bicyclic) bond motifs is 8. The molecule has 52 heavy (non-hydrogen) atoms. The Morgan fingerprint density at radius 3 is 1.35 bits per heavy atom. The topological polar surface area (TPSA) is 114 Å². The molecule has 0 aliphatic carbocycles. The van der Waals surface area contributed by atoms with Crippen LogP contribution in [0.5, 0.6) is 0 Å². The highest BCUT2D eigenvalue weighted by Crippen LogP contribution is 2.44. The first-order valence-corrected chi connectivity index (χ1v) is 17.7. The lowest BCUT2D eigenvalue weighted by atomic mass is 9.86. The van der Waals surface area contributed by atoms with Crippen LogP contribution in [-0.4, -0.2) is 34.2 Å². The van der Waals surface area contributed by atoms with Gasteiger partial charge in [0.2, 0.25) is 0 Å². The highest BCUT2D eigenvalue weighted by Gasteiger charge is 2.29. The lowest BCUT2D eigenvalue weighted by Gasteiger charge is -2.22. The molecule has 0 saturated heterocycles. The zero-order chi connectivity index (χ0) is 35.7. The molecule has 6 bridgehead atoms. The van der Waals surface area contributed by atoms with E-state index in [1.165, 1.54) is 0 Å². The smallest absolute Gasteiger partial charge is 0.266 e. The average molecular weight is 699 g/mol. The predicted octanol–water partition coefficient (Wildman–Crippen LogP) is 10.4. The fourth-order valence-corrected chi connectivity index (χ4v) is 7.52.